The Hall–Kier alpha value is -5.55. The summed E-state index contributed by atoms with van der Waals surface area (Å²) in [6.07, 6.45) is 1.93. The molecule has 1 aliphatic heterocycles. The van der Waals surface area contributed by atoms with Crippen molar-refractivity contribution in [3.63, 3.8) is 0 Å². The molecule has 0 atom stereocenters. The molecule has 7 aromatic rings. The highest BCUT2D eigenvalue weighted by Crippen LogP contribution is 2.48. The number of hydrogen-bond acceptors (Lipinski definition) is 4. The Morgan fingerprint density at radius 1 is 0.509 bits per heavy atom. The molecule has 0 spiro atoms. The van der Waals surface area contributed by atoms with Crippen molar-refractivity contribution >= 4 is 44.6 Å². The topological polar surface area (TPSA) is 33.5 Å². The minimum absolute atomic E-state index is 0.00136. The molecule has 0 saturated heterocycles. The summed E-state index contributed by atoms with van der Waals surface area (Å²) in [5.74, 6) is 2.51. The first kappa shape index (κ1) is 36.4. The van der Waals surface area contributed by atoms with Gasteiger partial charge in [-0.05, 0) is 125 Å². The van der Waals surface area contributed by atoms with Crippen LogP contribution in [0, 0.1) is 13.8 Å². The van der Waals surface area contributed by atoms with E-state index < -0.39 is 0 Å². The first-order valence-corrected chi connectivity index (χ1v) is 19.6. The molecule has 0 bridgehead atoms. The molecule has 2 aromatic heterocycles. The summed E-state index contributed by atoms with van der Waals surface area (Å²) in [4.78, 5) is 9.79. The van der Waals surface area contributed by atoms with Gasteiger partial charge in [0.25, 0.3) is 0 Å². The second-order valence-electron chi connectivity index (χ2n) is 18.5. The van der Waals surface area contributed by atoms with Gasteiger partial charge in [-0.25, -0.2) is 4.98 Å². The van der Waals surface area contributed by atoms with E-state index in [0.29, 0.717) is 6.67 Å². The standard InChI is InChI=1S/C50H54N4O/c1-32-23-45-46(24-33(32)2)53(31-52(45)37-16-14-15-34(25-37)48(3,4)5)38-26-36(50(9,10)11)27-40(29-38)55-39-19-20-42-41-17-12-13-18-43(41)54(44(42)30-39)47-28-35(21-22-51-47)49(6,7)8/h12-30H,31H2,1-11H3. The molecule has 55 heavy (non-hydrogen) atoms. The van der Waals surface area contributed by atoms with Crippen LogP contribution in [0.2, 0.25) is 0 Å². The lowest BCUT2D eigenvalue weighted by atomic mass is 9.86. The van der Waals surface area contributed by atoms with E-state index >= 15 is 0 Å². The molecule has 0 saturated carbocycles. The van der Waals surface area contributed by atoms with E-state index in [1.807, 2.05) is 6.20 Å². The molecular formula is C50H54N4O. The Kier molecular flexibility index (Phi) is 8.64. The average Bonchev–Trinajstić information content (AvgIpc) is 3.66. The van der Waals surface area contributed by atoms with E-state index in [0.717, 1.165) is 34.0 Å². The lowest BCUT2D eigenvalue weighted by Gasteiger charge is -2.27. The zero-order valence-electron chi connectivity index (χ0n) is 34.4. The highest BCUT2D eigenvalue weighted by atomic mass is 16.5. The van der Waals surface area contributed by atoms with Gasteiger partial charge in [0, 0.05) is 40.5 Å². The number of para-hydroxylation sites is 1. The Labute approximate surface area is 327 Å². The molecule has 0 aliphatic carbocycles. The van der Waals surface area contributed by atoms with Crippen molar-refractivity contribution in [3.8, 4) is 17.3 Å². The van der Waals surface area contributed by atoms with Gasteiger partial charge < -0.3 is 14.5 Å². The van der Waals surface area contributed by atoms with Gasteiger partial charge in [-0.15, -0.1) is 0 Å². The Bertz CT molecular complexity index is 2590. The van der Waals surface area contributed by atoms with Gasteiger partial charge in [-0.1, -0.05) is 92.6 Å². The number of fused-ring (bicyclic) bond motifs is 4. The van der Waals surface area contributed by atoms with Gasteiger partial charge in [0.2, 0.25) is 0 Å². The van der Waals surface area contributed by atoms with E-state index in [-0.39, 0.29) is 16.2 Å². The number of pyridine rings is 1. The van der Waals surface area contributed by atoms with Crippen molar-refractivity contribution in [1.82, 2.24) is 9.55 Å². The number of ether oxygens (including phenoxy) is 1. The van der Waals surface area contributed by atoms with Crippen LogP contribution in [0.15, 0.2) is 115 Å². The average molecular weight is 727 g/mol. The van der Waals surface area contributed by atoms with E-state index in [9.17, 15) is 0 Å². The summed E-state index contributed by atoms with van der Waals surface area (Å²) in [5.41, 5.74) is 13.3. The first-order valence-electron chi connectivity index (χ1n) is 19.6. The fourth-order valence-corrected chi connectivity index (χ4v) is 7.73. The highest BCUT2D eigenvalue weighted by Gasteiger charge is 2.31. The highest BCUT2D eigenvalue weighted by molar-refractivity contribution is 6.09. The fourth-order valence-electron chi connectivity index (χ4n) is 7.73. The third-order valence-corrected chi connectivity index (χ3v) is 11.3. The van der Waals surface area contributed by atoms with Gasteiger partial charge in [0.15, 0.2) is 0 Å². The molecule has 0 amide bonds. The molecule has 5 aromatic carbocycles. The summed E-state index contributed by atoms with van der Waals surface area (Å²) in [5, 5.41) is 2.37. The van der Waals surface area contributed by atoms with Crippen LogP contribution in [0.3, 0.4) is 0 Å². The fraction of sp³-hybridized carbons (Fsp3) is 0.300. The van der Waals surface area contributed by atoms with Crippen molar-refractivity contribution in [2.24, 2.45) is 0 Å². The molecule has 3 heterocycles. The van der Waals surface area contributed by atoms with Crippen LogP contribution in [0.1, 0.15) is 90.1 Å². The van der Waals surface area contributed by atoms with Crippen LogP contribution >= 0.6 is 0 Å². The molecule has 0 unspecified atom stereocenters. The van der Waals surface area contributed by atoms with Gasteiger partial charge in [0.1, 0.15) is 24.0 Å². The summed E-state index contributed by atoms with van der Waals surface area (Å²) in [6, 6.07) is 39.9. The van der Waals surface area contributed by atoms with Crippen LogP contribution in [-0.4, -0.2) is 16.2 Å². The number of rotatable bonds is 5. The maximum Gasteiger partial charge on any atom is 0.137 e. The Balaban J connectivity index is 1.23. The predicted molar refractivity (Wildman–Crippen MR) is 233 cm³/mol. The van der Waals surface area contributed by atoms with Gasteiger partial charge >= 0.3 is 0 Å². The van der Waals surface area contributed by atoms with E-state index in [1.165, 1.54) is 55.7 Å². The number of aromatic nitrogens is 2. The lowest BCUT2D eigenvalue weighted by molar-refractivity contribution is 0.479. The monoisotopic (exact) mass is 726 g/mol. The smallest absolute Gasteiger partial charge is 0.137 e. The summed E-state index contributed by atoms with van der Waals surface area (Å²) >= 11 is 0. The quantitative estimate of drug-likeness (QED) is 0.177. The molecule has 0 N–H and O–H groups in total. The van der Waals surface area contributed by atoms with Crippen LogP contribution < -0.4 is 14.5 Å². The Morgan fingerprint density at radius 2 is 1.13 bits per heavy atom. The maximum absolute atomic E-state index is 6.91. The lowest BCUT2D eigenvalue weighted by Crippen LogP contribution is -2.25. The molecule has 280 valence electrons. The van der Waals surface area contributed by atoms with Crippen molar-refractivity contribution in [3.05, 3.63) is 143 Å². The summed E-state index contributed by atoms with van der Waals surface area (Å²) in [7, 11) is 0. The molecule has 8 rings (SSSR count). The number of anilines is 4. The van der Waals surface area contributed by atoms with Crippen LogP contribution in [0.25, 0.3) is 27.6 Å². The second kappa shape index (κ2) is 13.0. The van der Waals surface area contributed by atoms with Crippen molar-refractivity contribution < 1.29 is 4.74 Å². The number of benzene rings is 5. The number of hydrogen-bond donors (Lipinski definition) is 0. The van der Waals surface area contributed by atoms with Crippen molar-refractivity contribution in [2.45, 2.75) is 92.4 Å². The zero-order valence-corrected chi connectivity index (χ0v) is 34.4. The van der Waals surface area contributed by atoms with E-state index in [1.54, 1.807) is 0 Å². The van der Waals surface area contributed by atoms with E-state index in [2.05, 4.69) is 200 Å². The first-order chi connectivity index (χ1) is 26.0. The normalized spacial score (nSPS) is 13.6. The predicted octanol–water partition coefficient (Wildman–Crippen LogP) is 13.7. The minimum Gasteiger partial charge on any atom is -0.457 e. The summed E-state index contributed by atoms with van der Waals surface area (Å²) in [6.45, 7) is 25.5. The minimum atomic E-state index is -0.0965. The zero-order chi connectivity index (χ0) is 39.0. The molecule has 1 aliphatic rings. The van der Waals surface area contributed by atoms with Gasteiger partial charge in [-0.3, -0.25) is 4.57 Å². The molecule has 5 nitrogen and oxygen atoms in total. The summed E-state index contributed by atoms with van der Waals surface area (Å²) < 4.78 is 9.19. The molecular weight excluding hydrogens is 673 g/mol. The van der Waals surface area contributed by atoms with Gasteiger partial charge in [0.05, 0.1) is 22.4 Å². The Morgan fingerprint density at radius 3 is 1.82 bits per heavy atom. The third kappa shape index (κ3) is 6.75. The SMILES string of the molecule is Cc1cc2c(cc1C)N(c1cc(Oc3ccc4c5ccccc5n(-c5cc(C(C)(C)C)ccn5)c4c3)cc(C(C)(C)C)c1)CN2c1cccc(C(C)(C)C)c1. The van der Waals surface area contributed by atoms with Crippen molar-refractivity contribution in [1.29, 1.82) is 0 Å². The van der Waals surface area contributed by atoms with Crippen LogP contribution in [0.5, 0.6) is 11.5 Å². The van der Waals surface area contributed by atoms with Crippen LogP contribution in [-0.2, 0) is 16.2 Å². The largest absolute Gasteiger partial charge is 0.457 e. The van der Waals surface area contributed by atoms with E-state index in [4.69, 9.17) is 9.72 Å². The molecule has 0 fully saturated rings. The molecule has 5 heteroatoms. The number of aryl methyl sites for hydroxylation is 2. The maximum atomic E-state index is 6.91. The van der Waals surface area contributed by atoms with Crippen molar-refractivity contribution in [2.75, 3.05) is 16.5 Å². The number of nitrogens with zero attached hydrogens (tertiary/aromatic N) is 4. The van der Waals surface area contributed by atoms with Crippen LogP contribution in [0.4, 0.5) is 22.7 Å². The van der Waals surface area contributed by atoms with Gasteiger partial charge in [-0.2, -0.15) is 0 Å². The molecule has 0 radical (unpaired) electrons. The third-order valence-electron chi connectivity index (χ3n) is 11.3. The second-order valence-corrected chi connectivity index (χ2v) is 18.5.